The van der Waals surface area contributed by atoms with Gasteiger partial charge in [0, 0.05) is 32.7 Å². The van der Waals surface area contributed by atoms with Crippen LogP contribution in [0, 0.1) is 5.92 Å². The highest BCUT2D eigenvalue weighted by Crippen LogP contribution is 2.25. The van der Waals surface area contributed by atoms with Gasteiger partial charge in [0.25, 0.3) is 15.9 Å². The third-order valence-corrected chi connectivity index (χ3v) is 5.44. The van der Waals surface area contributed by atoms with Crippen molar-refractivity contribution in [1.82, 2.24) is 9.62 Å². The number of sulfonamides is 1. The minimum Gasteiger partial charge on any atom is -0.438 e. The Morgan fingerprint density at radius 1 is 1.43 bits per heavy atom. The van der Waals surface area contributed by atoms with Crippen molar-refractivity contribution in [1.29, 1.82) is 0 Å². The topological polar surface area (TPSA) is 99.9 Å². The van der Waals surface area contributed by atoms with Crippen LogP contribution in [0.3, 0.4) is 0 Å². The quantitative estimate of drug-likeness (QED) is 0.820. The molecule has 8 heteroatoms. The van der Waals surface area contributed by atoms with E-state index in [4.69, 9.17) is 4.42 Å². The first-order valence-electron chi connectivity index (χ1n) is 6.80. The van der Waals surface area contributed by atoms with Crippen LogP contribution in [0.4, 0.5) is 0 Å². The first-order valence-corrected chi connectivity index (χ1v) is 8.24. The van der Waals surface area contributed by atoms with Gasteiger partial charge in [-0.3, -0.25) is 4.79 Å². The summed E-state index contributed by atoms with van der Waals surface area (Å²) in [6.07, 6.45) is 2.63. The van der Waals surface area contributed by atoms with E-state index in [-0.39, 0.29) is 29.4 Å². The molecule has 1 aromatic rings. The lowest BCUT2D eigenvalue weighted by molar-refractivity contribution is 0.0882. The maximum Gasteiger partial charge on any atom is 0.287 e. The second-order valence-electron chi connectivity index (χ2n) is 5.36. The van der Waals surface area contributed by atoms with Crippen LogP contribution in [0.1, 0.15) is 29.8 Å². The SMILES string of the molecule is CN(C)S(=O)(=O)c1ccc(C(=O)NC2CCCC2CO)o1. The van der Waals surface area contributed by atoms with Gasteiger partial charge in [0.1, 0.15) is 0 Å². The molecule has 1 saturated carbocycles. The summed E-state index contributed by atoms with van der Waals surface area (Å²) >= 11 is 0. The van der Waals surface area contributed by atoms with Crippen LogP contribution in [0.15, 0.2) is 21.6 Å². The largest absolute Gasteiger partial charge is 0.438 e. The van der Waals surface area contributed by atoms with Crippen molar-refractivity contribution in [3.8, 4) is 0 Å². The minimum atomic E-state index is -3.69. The van der Waals surface area contributed by atoms with Crippen LogP contribution in [0.25, 0.3) is 0 Å². The van der Waals surface area contributed by atoms with Crippen molar-refractivity contribution in [2.45, 2.75) is 30.4 Å². The smallest absolute Gasteiger partial charge is 0.287 e. The number of carbonyl (C=O) groups is 1. The van der Waals surface area contributed by atoms with Crippen molar-refractivity contribution in [2.24, 2.45) is 5.92 Å². The average Bonchev–Trinajstić information content (AvgIpc) is 3.07. The van der Waals surface area contributed by atoms with E-state index in [2.05, 4.69) is 5.32 Å². The number of amides is 1. The first kappa shape index (κ1) is 16.0. The molecule has 1 amide bonds. The number of nitrogens with one attached hydrogen (secondary N) is 1. The summed E-state index contributed by atoms with van der Waals surface area (Å²) in [6, 6.07) is 2.51. The molecule has 0 spiro atoms. The molecule has 2 rings (SSSR count). The zero-order valence-electron chi connectivity index (χ0n) is 12.1. The number of aliphatic hydroxyl groups is 1. The summed E-state index contributed by atoms with van der Waals surface area (Å²) in [5.74, 6) is -0.450. The van der Waals surface area contributed by atoms with E-state index < -0.39 is 15.9 Å². The van der Waals surface area contributed by atoms with Gasteiger partial charge in [-0.05, 0) is 25.0 Å². The third kappa shape index (κ3) is 3.28. The lowest BCUT2D eigenvalue weighted by Gasteiger charge is -2.18. The van der Waals surface area contributed by atoms with Crippen LogP contribution in [0.2, 0.25) is 0 Å². The molecular formula is C13H20N2O5S. The standard InChI is InChI=1S/C13H20N2O5S/c1-15(2)21(18,19)12-7-6-11(20-12)13(17)14-10-5-3-4-9(10)8-16/h6-7,9-10,16H,3-5,8H2,1-2H3,(H,14,17). The summed E-state index contributed by atoms with van der Waals surface area (Å²) in [7, 11) is -0.904. The molecule has 21 heavy (non-hydrogen) atoms. The second kappa shape index (κ2) is 6.17. The van der Waals surface area contributed by atoms with Gasteiger partial charge in [0.2, 0.25) is 5.09 Å². The van der Waals surface area contributed by atoms with E-state index >= 15 is 0 Å². The molecule has 1 aliphatic carbocycles. The Labute approximate surface area is 124 Å². The summed E-state index contributed by atoms with van der Waals surface area (Å²) in [5.41, 5.74) is 0. The van der Waals surface area contributed by atoms with E-state index in [1.807, 2.05) is 0 Å². The molecule has 1 aliphatic rings. The second-order valence-corrected chi connectivity index (χ2v) is 7.44. The molecule has 7 nitrogen and oxygen atoms in total. The van der Waals surface area contributed by atoms with Gasteiger partial charge in [-0.15, -0.1) is 0 Å². The fraction of sp³-hybridized carbons (Fsp3) is 0.615. The van der Waals surface area contributed by atoms with Gasteiger partial charge < -0.3 is 14.8 Å². The molecule has 1 heterocycles. The predicted octanol–water partition coefficient (Wildman–Crippen LogP) is 0.421. The monoisotopic (exact) mass is 316 g/mol. The van der Waals surface area contributed by atoms with Crippen LogP contribution in [-0.2, 0) is 10.0 Å². The van der Waals surface area contributed by atoms with Gasteiger partial charge >= 0.3 is 0 Å². The van der Waals surface area contributed by atoms with E-state index in [0.717, 1.165) is 23.6 Å². The number of rotatable bonds is 5. The number of aliphatic hydroxyl groups excluding tert-OH is 1. The molecule has 2 unspecified atom stereocenters. The molecule has 0 bridgehead atoms. The van der Waals surface area contributed by atoms with E-state index in [1.165, 1.54) is 26.2 Å². The summed E-state index contributed by atoms with van der Waals surface area (Å²) < 4.78 is 29.9. The van der Waals surface area contributed by atoms with Crippen molar-refractivity contribution >= 4 is 15.9 Å². The van der Waals surface area contributed by atoms with Crippen molar-refractivity contribution in [3.63, 3.8) is 0 Å². The normalized spacial score (nSPS) is 22.7. The molecule has 1 fully saturated rings. The fourth-order valence-corrected chi connectivity index (χ4v) is 3.24. The lowest BCUT2D eigenvalue weighted by Crippen LogP contribution is -2.38. The number of hydrogen-bond acceptors (Lipinski definition) is 5. The Hall–Kier alpha value is -1.38. The highest BCUT2D eigenvalue weighted by Gasteiger charge is 2.29. The molecule has 0 aliphatic heterocycles. The zero-order chi connectivity index (χ0) is 15.6. The Kier molecular flexibility index (Phi) is 4.70. The fourth-order valence-electron chi connectivity index (χ4n) is 2.45. The number of furan rings is 1. The average molecular weight is 316 g/mol. The summed E-state index contributed by atoms with van der Waals surface area (Å²) in [4.78, 5) is 12.1. The van der Waals surface area contributed by atoms with Crippen molar-refractivity contribution < 1.29 is 22.7 Å². The summed E-state index contributed by atoms with van der Waals surface area (Å²) in [5, 5.41) is 11.8. The predicted molar refractivity (Wildman–Crippen MR) is 75.3 cm³/mol. The first-order chi connectivity index (χ1) is 9.86. The molecule has 118 valence electrons. The van der Waals surface area contributed by atoms with Crippen LogP contribution >= 0.6 is 0 Å². The molecule has 2 atom stereocenters. The summed E-state index contributed by atoms with van der Waals surface area (Å²) in [6.45, 7) is 0.0311. The van der Waals surface area contributed by atoms with E-state index in [0.29, 0.717) is 0 Å². The third-order valence-electron chi connectivity index (χ3n) is 3.75. The van der Waals surface area contributed by atoms with Gasteiger partial charge in [0.15, 0.2) is 5.76 Å². The molecule has 0 radical (unpaired) electrons. The minimum absolute atomic E-state index is 0.0311. The zero-order valence-corrected chi connectivity index (χ0v) is 12.9. The van der Waals surface area contributed by atoms with Crippen molar-refractivity contribution in [2.75, 3.05) is 20.7 Å². The number of nitrogens with zero attached hydrogens (tertiary/aromatic N) is 1. The van der Waals surface area contributed by atoms with Crippen LogP contribution in [0.5, 0.6) is 0 Å². The van der Waals surface area contributed by atoms with Crippen LogP contribution < -0.4 is 5.32 Å². The number of carbonyl (C=O) groups excluding carboxylic acids is 1. The maximum atomic E-state index is 12.1. The van der Waals surface area contributed by atoms with Gasteiger partial charge in [-0.2, -0.15) is 0 Å². The Balaban J connectivity index is 2.09. The molecule has 2 N–H and O–H groups in total. The Bertz CT molecular complexity index is 608. The highest BCUT2D eigenvalue weighted by molar-refractivity contribution is 7.88. The molecule has 0 saturated heterocycles. The van der Waals surface area contributed by atoms with Gasteiger partial charge in [0.05, 0.1) is 0 Å². The molecular weight excluding hydrogens is 296 g/mol. The molecule has 0 aromatic carbocycles. The number of hydrogen-bond donors (Lipinski definition) is 2. The van der Waals surface area contributed by atoms with Gasteiger partial charge in [-0.25, -0.2) is 12.7 Å². The maximum absolute atomic E-state index is 12.1. The van der Waals surface area contributed by atoms with Crippen LogP contribution in [-0.4, -0.2) is 50.5 Å². The Morgan fingerprint density at radius 3 is 2.76 bits per heavy atom. The van der Waals surface area contributed by atoms with Crippen molar-refractivity contribution in [3.05, 3.63) is 17.9 Å². The highest BCUT2D eigenvalue weighted by atomic mass is 32.2. The van der Waals surface area contributed by atoms with Gasteiger partial charge in [-0.1, -0.05) is 6.42 Å². The van der Waals surface area contributed by atoms with E-state index in [1.54, 1.807) is 0 Å². The Morgan fingerprint density at radius 2 is 2.14 bits per heavy atom. The lowest BCUT2D eigenvalue weighted by atomic mass is 10.1. The molecule has 1 aromatic heterocycles. The van der Waals surface area contributed by atoms with E-state index in [9.17, 15) is 18.3 Å².